The minimum Gasteiger partial charge on any atom is -0.463 e. The smallest absolute Gasteiger partial charge is 0.268 e. The molecular formula is C20H20N4O3. The fraction of sp³-hybridized carbons (Fsp3) is 0.200. The highest BCUT2D eigenvalue weighted by molar-refractivity contribution is 5.99. The maximum absolute atomic E-state index is 12.3. The molecule has 0 aliphatic rings. The Hall–Kier alpha value is -3.48. The number of H-pyrrole nitrogens is 1. The van der Waals surface area contributed by atoms with Crippen LogP contribution in [-0.4, -0.2) is 34.5 Å². The van der Waals surface area contributed by atoms with Crippen molar-refractivity contribution in [3.63, 3.8) is 0 Å². The first-order valence-corrected chi connectivity index (χ1v) is 8.76. The third-order valence-electron chi connectivity index (χ3n) is 4.70. The van der Waals surface area contributed by atoms with E-state index in [-0.39, 0.29) is 18.4 Å². The van der Waals surface area contributed by atoms with Crippen LogP contribution in [0.2, 0.25) is 0 Å². The van der Waals surface area contributed by atoms with Gasteiger partial charge in [0.1, 0.15) is 5.69 Å². The minimum absolute atomic E-state index is 0.0702. The van der Waals surface area contributed by atoms with Crippen molar-refractivity contribution in [3.8, 4) is 0 Å². The maximum Gasteiger partial charge on any atom is 0.268 e. The standard InChI is InChI=1S/C20H20N4O3/c1-24-16-7-9-27-18(16)10-17(24)20(26)23-12-19(25)21-8-6-13-11-22-15-5-3-2-4-14(13)15/h2-5,7,9-11,22H,6,8,12H2,1H3,(H,21,25)(H,23,26). The second-order valence-corrected chi connectivity index (χ2v) is 6.40. The van der Waals surface area contributed by atoms with E-state index in [1.165, 1.54) is 0 Å². The monoisotopic (exact) mass is 364 g/mol. The number of aryl methyl sites for hydroxylation is 1. The Morgan fingerprint density at radius 3 is 2.89 bits per heavy atom. The number of amides is 2. The van der Waals surface area contributed by atoms with Gasteiger partial charge in [-0.05, 0) is 18.1 Å². The van der Waals surface area contributed by atoms with E-state index in [1.54, 1.807) is 30.0 Å². The number of nitrogens with zero attached hydrogens (tertiary/aromatic N) is 1. The Morgan fingerprint density at radius 2 is 2.04 bits per heavy atom. The van der Waals surface area contributed by atoms with E-state index in [4.69, 9.17) is 4.42 Å². The van der Waals surface area contributed by atoms with Crippen LogP contribution in [0.5, 0.6) is 0 Å². The van der Waals surface area contributed by atoms with Crippen LogP contribution < -0.4 is 10.6 Å². The first-order valence-electron chi connectivity index (χ1n) is 8.76. The number of aromatic amines is 1. The number of fused-ring (bicyclic) bond motifs is 2. The van der Waals surface area contributed by atoms with Gasteiger partial charge in [-0.3, -0.25) is 9.59 Å². The lowest BCUT2D eigenvalue weighted by atomic mass is 10.1. The van der Waals surface area contributed by atoms with Crippen molar-refractivity contribution in [1.29, 1.82) is 0 Å². The molecule has 0 aliphatic heterocycles. The summed E-state index contributed by atoms with van der Waals surface area (Å²) in [5, 5.41) is 6.64. The normalized spacial score (nSPS) is 11.1. The summed E-state index contributed by atoms with van der Waals surface area (Å²) in [7, 11) is 1.79. The maximum atomic E-state index is 12.3. The molecule has 0 aliphatic carbocycles. The molecule has 1 aromatic carbocycles. The van der Waals surface area contributed by atoms with Crippen LogP contribution in [0.4, 0.5) is 0 Å². The molecule has 138 valence electrons. The third kappa shape index (κ3) is 3.31. The highest BCUT2D eigenvalue weighted by atomic mass is 16.3. The molecule has 3 N–H and O–H groups in total. The van der Waals surface area contributed by atoms with E-state index in [0.29, 0.717) is 17.8 Å². The van der Waals surface area contributed by atoms with Crippen molar-refractivity contribution in [1.82, 2.24) is 20.2 Å². The summed E-state index contributed by atoms with van der Waals surface area (Å²) >= 11 is 0. The fourth-order valence-corrected chi connectivity index (χ4v) is 3.26. The second-order valence-electron chi connectivity index (χ2n) is 6.40. The lowest BCUT2D eigenvalue weighted by molar-refractivity contribution is -0.120. The van der Waals surface area contributed by atoms with Crippen LogP contribution >= 0.6 is 0 Å². The van der Waals surface area contributed by atoms with E-state index in [0.717, 1.165) is 28.4 Å². The van der Waals surface area contributed by atoms with Gasteiger partial charge in [0.25, 0.3) is 5.91 Å². The van der Waals surface area contributed by atoms with E-state index < -0.39 is 0 Å². The summed E-state index contributed by atoms with van der Waals surface area (Å²) < 4.78 is 7.03. The summed E-state index contributed by atoms with van der Waals surface area (Å²) in [4.78, 5) is 27.5. The second kappa shape index (κ2) is 7.03. The van der Waals surface area contributed by atoms with Gasteiger partial charge in [-0.25, -0.2) is 0 Å². The summed E-state index contributed by atoms with van der Waals surface area (Å²) in [6.45, 7) is 0.437. The number of carbonyl (C=O) groups excluding carboxylic acids is 2. The SMILES string of the molecule is Cn1c(C(=O)NCC(=O)NCCc2c[nH]c3ccccc23)cc2occc21. The number of para-hydroxylation sites is 1. The summed E-state index contributed by atoms with van der Waals surface area (Å²) in [6, 6.07) is 11.5. The lowest BCUT2D eigenvalue weighted by Gasteiger charge is -2.07. The van der Waals surface area contributed by atoms with Gasteiger partial charge in [-0.2, -0.15) is 0 Å². The van der Waals surface area contributed by atoms with Crippen LogP contribution in [0, 0.1) is 0 Å². The molecular weight excluding hydrogens is 344 g/mol. The Kier molecular flexibility index (Phi) is 4.42. The van der Waals surface area contributed by atoms with Crippen LogP contribution in [-0.2, 0) is 18.3 Å². The van der Waals surface area contributed by atoms with Crippen molar-refractivity contribution in [2.75, 3.05) is 13.1 Å². The Balaban J connectivity index is 1.27. The first kappa shape index (κ1) is 17.0. The number of furan rings is 1. The van der Waals surface area contributed by atoms with Crippen LogP contribution in [0.25, 0.3) is 22.0 Å². The molecule has 0 atom stereocenters. The minimum atomic E-state index is -0.310. The average molecular weight is 364 g/mol. The van der Waals surface area contributed by atoms with Crippen molar-refractivity contribution < 1.29 is 14.0 Å². The number of carbonyl (C=O) groups is 2. The highest BCUT2D eigenvalue weighted by Gasteiger charge is 2.15. The Labute approximate surface area is 155 Å². The van der Waals surface area contributed by atoms with Gasteiger partial charge in [0, 0.05) is 42.8 Å². The van der Waals surface area contributed by atoms with Gasteiger partial charge in [0.2, 0.25) is 5.91 Å². The number of aromatic nitrogens is 2. The Bertz CT molecular complexity index is 1120. The number of benzene rings is 1. The van der Waals surface area contributed by atoms with Crippen molar-refractivity contribution in [2.24, 2.45) is 7.05 Å². The number of hydrogen-bond donors (Lipinski definition) is 3. The molecule has 4 aromatic rings. The zero-order valence-corrected chi connectivity index (χ0v) is 14.9. The molecule has 0 bridgehead atoms. The highest BCUT2D eigenvalue weighted by Crippen LogP contribution is 2.19. The molecule has 0 saturated carbocycles. The van der Waals surface area contributed by atoms with Crippen LogP contribution in [0.3, 0.4) is 0 Å². The molecule has 0 spiro atoms. The molecule has 0 fully saturated rings. The molecule has 3 heterocycles. The van der Waals surface area contributed by atoms with Gasteiger partial charge in [0.05, 0.1) is 18.3 Å². The summed E-state index contributed by atoms with van der Waals surface area (Å²) in [5.74, 6) is -0.531. The van der Waals surface area contributed by atoms with E-state index in [2.05, 4.69) is 21.7 Å². The largest absolute Gasteiger partial charge is 0.463 e. The van der Waals surface area contributed by atoms with E-state index >= 15 is 0 Å². The molecule has 4 rings (SSSR count). The topological polar surface area (TPSA) is 92.1 Å². The summed E-state index contributed by atoms with van der Waals surface area (Å²) in [5.41, 5.74) is 4.17. The van der Waals surface area contributed by atoms with Gasteiger partial charge in [-0.1, -0.05) is 18.2 Å². The molecule has 7 heteroatoms. The third-order valence-corrected chi connectivity index (χ3v) is 4.70. The van der Waals surface area contributed by atoms with Gasteiger partial charge >= 0.3 is 0 Å². The van der Waals surface area contributed by atoms with E-state index in [1.807, 2.05) is 24.4 Å². The van der Waals surface area contributed by atoms with Crippen molar-refractivity contribution in [3.05, 3.63) is 60.1 Å². The molecule has 0 radical (unpaired) electrons. The summed E-state index contributed by atoms with van der Waals surface area (Å²) in [6.07, 6.45) is 4.26. The molecule has 0 saturated heterocycles. The predicted octanol–water partition coefficient (Wildman–Crippen LogP) is 2.34. The van der Waals surface area contributed by atoms with Crippen molar-refractivity contribution in [2.45, 2.75) is 6.42 Å². The molecule has 0 unspecified atom stereocenters. The average Bonchev–Trinajstić information content (AvgIpc) is 3.37. The zero-order chi connectivity index (χ0) is 18.8. The van der Waals surface area contributed by atoms with Gasteiger partial charge < -0.3 is 24.6 Å². The molecule has 27 heavy (non-hydrogen) atoms. The fourth-order valence-electron chi connectivity index (χ4n) is 3.26. The molecule has 2 amide bonds. The number of hydrogen-bond acceptors (Lipinski definition) is 3. The van der Waals surface area contributed by atoms with Crippen LogP contribution in [0.1, 0.15) is 16.1 Å². The zero-order valence-electron chi connectivity index (χ0n) is 14.9. The van der Waals surface area contributed by atoms with Gasteiger partial charge in [-0.15, -0.1) is 0 Å². The van der Waals surface area contributed by atoms with E-state index in [9.17, 15) is 9.59 Å². The lowest BCUT2D eigenvalue weighted by Crippen LogP contribution is -2.38. The first-order chi connectivity index (χ1) is 13.1. The molecule has 7 nitrogen and oxygen atoms in total. The molecule has 3 aromatic heterocycles. The van der Waals surface area contributed by atoms with Crippen LogP contribution in [0.15, 0.2) is 53.3 Å². The Morgan fingerprint density at radius 1 is 1.19 bits per heavy atom. The number of rotatable bonds is 6. The van der Waals surface area contributed by atoms with Gasteiger partial charge in [0.15, 0.2) is 5.58 Å². The van der Waals surface area contributed by atoms with Crippen molar-refractivity contribution >= 4 is 33.8 Å². The quantitative estimate of drug-likeness (QED) is 0.490. The number of nitrogens with one attached hydrogen (secondary N) is 3. The predicted molar refractivity (Wildman–Crippen MR) is 103 cm³/mol.